The monoisotopic (exact) mass is 307 g/mol. The van der Waals surface area contributed by atoms with Gasteiger partial charge >= 0.3 is 0 Å². The molecule has 0 saturated carbocycles. The smallest absolute Gasteiger partial charge is 0.269 e. The topological polar surface area (TPSA) is 115 Å². The summed E-state index contributed by atoms with van der Waals surface area (Å²) in [5.41, 5.74) is 6.17. The second-order valence-corrected chi connectivity index (χ2v) is 6.02. The van der Waals surface area contributed by atoms with E-state index in [4.69, 9.17) is 5.73 Å². The maximum atomic E-state index is 12.1. The number of sulfonamides is 1. The van der Waals surface area contributed by atoms with Gasteiger partial charge in [0.25, 0.3) is 5.69 Å². The van der Waals surface area contributed by atoms with E-state index in [1.54, 1.807) is 18.2 Å². The number of nitro groups is 1. The standard InChI is InChI=1S/C13H13N3O4S/c14-12-6-1-2-7-13(12)21(19,20)15-9-10-4-3-5-11(8-10)16(17)18/h1-8,15H,9,14H2. The fourth-order valence-corrected chi connectivity index (χ4v) is 2.91. The molecule has 0 saturated heterocycles. The third-order valence-corrected chi connectivity index (χ3v) is 4.27. The molecular formula is C13H13N3O4S. The molecule has 3 N–H and O–H groups in total. The molecule has 0 aliphatic rings. The zero-order chi connectivity index (χ0) is 15.5. The summed E-state index contributed by atoms with van der Waals surface area (Å²) in [4.78, 5) is 10.1. The van der Waals surface area contributed by atoms with Gasteiger partial charge in [0.15, 0.2) is 0 Å². The number of nitrogens with one attached hydrogen (secondary N) is 1. The molecule has 0 bridgehead atoms. The van der Waals surface area contributed by atoms with Crippen molar-refractivity contribution in [2.24, 2.45) is 0 Å². The minimum Gasteiger partial charge on any atom is -0.398 e. The summed E-state index contributed by atoms with van der Waals surface area (Å²) in [5, 5.41) is 10.7. The minimum absolute atomic E-state index is 0.0181. The van der Waals surface area contributed by atoms with Crippen molar-refractivity contribution in [2.75, 3.05) is 5.73 Å². The van der Waals surface area contributed by atoms with Gasteiger partial charge in [-0.2, -0.15) is 0 Å². The number of benzene rings is 2. The van der Waals surface area contributed by atoms with Crippen LogP contribution >= 0.6 is 0 Å². The van der Waals surface area contributed by atoms with E-state index in [1.807, 2.05) is 0 Å². The van der Waals surface area contributed by atoms with E-state index in [1.165, 1.54) is 30.3 Å². The molecule has 0 aliphatic heterocycles. The van der Waals surface area contributed by atoms with Crippen molar-refractivity contribution in [1.82, 2.24) is 4.72 Å². The van der Waals surface area contributed by atoms with E-state index in [-0.39, 0.29) is 22.8 Å². The highest BCUT2D eigenvalue weighted by molar-refractivity contribution is 7.89. The van der Waals surface area contributed by atoms with E-state index in [0.717, 1.165) is 0 Å². The van der Waals surface area contributed by atoms with Crippen molar-refractivity contribution in [2.45, 2.75) is 11.4 Å². The molecule has 8 heteroatoms. The third kappa shape index (κ3) is 3.56. The maximum absolute atomic E-state index is 12.1. The Balaban J connectivity index is 2.18. The van der Waals surface area contributed by atoms with Gasteiger partial charge in [-0.25, -0.2) is 13.1 Å². The number of rotatable bonds is 5. The van der Waals surface area contributed by atoms with Crippen molar-refractivity contribution in [1.29, 1.82) is 0 Å². The van der Waals surface area contributed by atoms with Crippen LogP contribution in [0.2, 0.25) is 0 Å². The number of nitro benzene ring substituents is 1. The zero-order valence-corrected chi connectivity index (χ0v) is 11.7. The second kappa shape index (κ2) is 5.90. The first-order valence-electron chi connectivity index (χ1n) is 5.97. The molecular weight excluding hydrogens is 294 g/mol. The van der Waals surface area contributed by atoms with Gasteiger partial charge in [-0.05, 0) is 17.7 Å². The lowest BCUT2D eigenvalue weighted by molar-refractivity contribution is -0.384. The lowest BCUT2D eigenvalue weighted by Crippen LogP contribution is -2.24. The Morgan fingerprint density at radius 2 is 1.86 bits per heavy atom. The van der Waals surface area contributed by atoms with Gasteiger partial charge < -0.3 is 5.73 Å². The van der Waals surface area contributed by atoms with Crippen molar-refractivity contribution in [3.63, 3.8) is 0 Å². The molecule has 2 aromatic carbocycles. The lowest BCUT2D eigenvalue weighted by atomic mass is 10.2. The molecule has 0 spiro atoms. The molecule has 0 heterocycles. The molecule has 0 aliphatic carbocycles. The second-order valence-electron chi connectivity index (χ2n) is 4.29. The summed E-state index contributed by atoms with van der Waals surface area (Å²) in [6.45, 7) is -0.0572. The summed E-state index contributed by atoms with van der Waals surface area (Å²) >= 11 is 0. The number of nitrogen functional groups attached to an aromatic ring is 1. The molecule has 0 unspecified atom stereocenters. The Kier molecular flexibility index (Phi) is 4.20. The Hall–Kier alpha value is -2.45. The molecule has 0 amide bonds. The average molecular weight is 307 g/mol. The van der Waals surface area contributed by atoms with Crippen LogP contribution in [0.5, 0.6) is 0 Å². The summed E-state index contributed by atoms with van der Waals surface area (Å²) in [6.07, 6.45) is 0. The summed E-state index contributed by atoms with van der Waals surface area (Å²) < 4.78 is 26.6. The van der Waals surface area contributed by atoms with Gasteiger partial charge in [0.05, 0.1) is 10.6 Å². The van der Waals surface area contributed by atoms with E-state index < -0.39 is 14.9 Å². The fraction of sp³-hybridized carbons (Fsp3) is 0.0769. The molecule has 2 aromatic rings. The van der Waals surface area contributed by atoms with Crippen molar-refractivity contribution >= 4 is 21.4 Å². The molecule has 110 valence electrons. The number of para-hydroxylation sites is 1. The first-order valence-corrected chi connectivity index (χ1v) is 7.46. The molecule has 0 atom stereocenters. The summed E-state index contributed by atoms with van der Waals surface area (Å²) in [6, 6.07) is 11.8. The van der Waals surface area contributed by atoms with Crippen LogP contribution in [0.1, 0.15) is 5.56 Å². The Labute approximate surface area is 121 Å². The van der Waals surface area contributed by atoms with Crippen LogP contribution < -0.4 is 10.5 Å². The van der Waals surface area contributed by atoms with E-state index >= 15 is 0 Å². The Morgan fingerprint density at radius 3 is 2.52 bits per heavy atom. The average Bonchev–Trinajstić information content (AvgIpc) is 2.46. The summed E-state index contributed by atoms with van der Waals surface area (Å²) in [5.74, 6) is 0. The molecule has 0 radical (unpaired) electrons. The number of nitrogens with two attached hydrogens (primary N) is 1. The number of anilines is 1. The molecule has 7 nitrogen and oxygen atoms in total. The van der Waals surface area contributed by atoms with Crippen LogP contribution in [0.15, 0.2) is 53.4 Å². The number of hydrogen-bond donors (Lipinski definition) is 2. The lowest BCUT2D eigenvalue weighted by Gasteiger charge is -2.08. The van der Waals surface area contributed by atoms with E-state index in [2.05, 4.69) is 4.72 Å². The number of nitrogens with zero attached hydrogens (tertiary/aromatic N) is 1. The quantitative estimate of drug-likeness (QED) is 0.495. The third-order valence-electron chi connectivity index (χ3n) is 2.80. The van der Waals surface area contributed by atoms with Gasteiger partial charge in [-0.1, -0.05) is 24.3 Å². The summed E-state index contributed by atoms with van der Waals surface area (Å²) in [7, 11) is -3.77. The first kappa shape index (κ1) is 14.9. The van der Waals surface area contributed by atoms with Gasteiger partial charge in [0.1, 0.15) is 4.90 Å². The Bertz CT molecular complexity index is 774. The van der Waals surface area contributed by atoms with Crippen LogP contribution in [0.4, 0.5) is 11.4 Å². The predicted molar refractivity (Wildman–Crippen MR) is 78.0 cm³/mol. The van der Waals surface area contributed by atoms with Crippen molar-refractivity contribution in [3.8, 4) is 0 Å². The first-order chi connectivity index (χ1) is 9.90. The SMILES string of the molecule is Nc1ccccc1S(=O)(=O)NCc1cccc([N+](=O)[O-])c1. The van der Waals surface area contributed by atoms with Gasteiger partial charge in [0, 0.05) is 18.7 Å². The largest absolute Gasteiger partial charge is 0.398 e. The fourth-order valence-electron chi connectivity index (χ4n) is 1.76. The van der Waals surface area contributed by atoms with Crippen molar-refractivity contribution in [3.05, 3.63) is 64.2 Å². The Morgan fingerprint density at radius 1 is 1.14 bits per heavy atom. The maximum Gasteiger partial charge on any atom is 0.269 e. The van der Waals surface area contributed by atoms with Gasteiger partial charge in [-0.15, -0.1) is 0 Å². The van der Waals surface area contributed by atoms with Crippen molar-refractivity contribution < 1.29 is 13.3 Å². The number of hydrogen-bond acceptors (Lipinski definition) is 5. The molecule has 0 fully saturated rings. The van der Waals surface area contributed by atoms with Crippen LogP contribution in [0.25, 0.3) is 0 Å². The van der Waals surface area contributed by atoms with Gasteiger partial charge in [0.2, 0.25) is 10.0 Å². The normalized spacial score (nSPS) is 11.2. The van der Waals surface area contributed by atoms with E-state index in [9.17, 15) is 18.5 Å². The zero-order valence-electron chi connectivity index (χ0n) is 10.9. The number of non-ortho nitro benzene ring substituents is 1. The van der Waals surface area contributed by atoms with Crippen LogP contribution in [-0.2, 0) is 16.6 Å². The van der Waals surface area contributed by atoms with Gasteiger partial charge in [-0.3, -0.25) is 10.1 Å². The highest BCUT2D eigenvalue weighted by Gasteiger charge is 2.16. The highest BCUT2D eigenvalue weighted by atomic mass is 32.2. The van der Waals surface area contributed by atoms with Crippen LogP contribution in [0, 0.1) is 10.1 Å². The minimum atomic E-state index is -3.77. The van der Waals surface area contributed by atoms with E-state index in [0.29, 0.717) is 5.56 Å². The molecule has 2 rings (SSSR count). The predicted octanol–water partition coefficient (Wildman–Crippen LogP) is 1.66. The highest BCUT2D eigenvalue weighted by Crippen LogP contribution is 2.18. The van der Waals surface area contributed by atoms with Crippen LogP contribution in [0.3, 0.4) is 0 Å². The molecule has 21 heavy (non-hydrogen) atoms. The molecule has 0 aromatic heterocycles. The van der Waals surface area contributed by atoms with Crippen LogP contribution in [-0.4, -0.2) is 13.3 Å².